The maximum absolute atomic E-state index is 12.1. The van der Waals surface area contributed by atoms with Crippen LogP contribution in [-0.2, 0) is 20.9 Å². The molecule has 1 saturated heterocycles. The van der Waals surface area contributed by atoms with E-state index in [1.807, 2.05) is 6.92 Å². The van der Waals surface area contributed by atoms with Crippen molar-refractivity contribution < 1.29 is 19.5 Å². The van der Waals surface area contributed by atoms with E-state index in [-0.39, 0.29) is 29.9 Å². The second kappa shape index (κ2) is 5.99. The molecule has 2 rings (SSSR count). The zero-order chi connectivity index (χ0) is 14.7. The normalized spacial score (nSPS) is 18.9. The monoisotopic (exact) mass is 299 g/mol. The van der Waals surface area contributed by atoms with Gasteiger partial charge in [0.25, 0.3) is 0 Å². The Morgan fingerprint density at radius 2 is 2.25 bits per heavy atom. The van der Waals surface area contributed by atoms with Crippen molar-refractivity contribution in [2.24, 2.45) is 0 Å². The molecule has 1 aromatic rings. The fraction of sp³-hybridized carbons (Fsp3) is 0.600. The van der Waals surface area contributed by atoms with Crippen molar-refractivity contribution in [1.82, 2.24) is 25.1 Å². The zero-order valence-electron chi connectivity index (χ0n) is 10.7. The average Bonchev–Trinajstić information content (AvgIpc) is 2.90. The lowest BCUT2D eigenvalue weighted by Crippen LogP contribution is -2.32. The first-order valence-electron chi connectivity index (χ1n) is 6.01. The maximum atomic E-state index is 12.1. The quantitative estimate of drug-likeness (QED) is 0.691. The molecule has 0 radical (unpaired) electrons. The number of hydrogen-bond acceptors (Lipinski definition) is 7. The Morgan fingerprint density at radius 1 is 1.50 bits per heavy atom. The highest BCUT2D eigenvalue weighted by Crippen LogP contribution is 2.29. The van der Waals surface area contributed by atoms with Crippen LogP contribution in [0.25, 0.3) is 0 Å². The topological polar surface area (TPSA) is 118 Å². The van der Waals surface area contributed by atoms with Gasteiger partial charge in [0.1, 0.15) is 11.8 Å². The van der Waals surface area contributed by atoms with Crippen molar-refractivity contribution in [2.45, 2.75) is 36.7 Å². The van der Waals surface area contributed by atoms with Gasteiger partial charge in [0, 0.05) is 13.0 Å². The molecule has 0 aliphatic carbocycles. The van der Waals surface area contributed by atoms with Gasteiger partial charge >= 0.3 is 5.97 Å². The molecule has 108 valence electrons. The smallest absolute Gasteiger partial charge is 0.325 e. The summed E-state index contributed by atoms with van der Waals surface area (Å²) in [5, 5.41) is 19.0. The third kappa shape index (κ3) is 2.95. The predicted octanol–water partition coefficient (Wildman–Crippen LogP) is -0.613. The van der Waals surface area contributed by atoms with Crippen LogP contribution in [0.4, 0.5) is 0 Å². The van der Waals surface area contributed by atoms with Crippen molar-refractivity contribution in [3.8, 4) is 0 Å². The third-order valence-corrected chi connectivity index (χ3v) is 3.84. The molecule has 1 atom stereocenters. The van der Waals surface area contributed by atoms with Crippen molar-refractivity contribution >= 4 is 29.5 Å². The molecule has 1 aromatic heterocycles. The van der Waals surface area contributed by atoms with E-state index >= 15 is 0 Å². The highest BCUT2D eigenvalue weighted by Gasteiger charge is 2.39. The second-order valence-electron chi connectivity index (χ2n) is 4.21. The highest BCUT2D eigenvalue weighted by atomic mass is 32.2. The Morgan fingerprint density at radius 3 is 2.90 bits per heavy atom. The molecule has 2 amide bonds. The standard InChI is InChI=1S/C10H13N5O4S/c1-2-3-14-7(16)4-6(9(14)19)20-10-11-12-13-15(10)5-8(17)18/h6H,2-5H2,1H3,(H,17,18). The van der Waals surface area contributed by atoms with Gasteiger partial charge in [-0.15, -0.1) is 5.10 Å². The number of likely N-dealkylation sites (tertiary alicyclic amines) is 1. The molecular formula is C10H13N5O4S. The van der Waals surface area contributed by atoms with Crippen LogP contribution >= 0.6 is 11.8 Å². The number of tetrazole rings is 1. The lowest BCUT2D eigenvalue weighted by atomic mass is 10.4. The van der Waals surface area contributed by atoms with Gasteiger partial charge in [0.05, 0.1) is 0 Å². The van der Waals surface area contributed by atoms with Crippen molar-refractivity contribution in [2.75, 3.05) is 6.54 Å². The first kappa shape index (κ1) is 14.4. The van der Waals surface area contributed by atoms with Crippen molar-refractivity contribution in [3.63, 3.8) is 0 Å². The molecule has 0 spiro atoms. The van der Waals surface area contributed by atoms with E-state index in [0.717, 1.165) is 16.4 Å². The van der Waals surface area contributed by atoms with E-state index in [4.69, 9.17) is 5.11 Å². The molecule has 1 aliphatic heterocycles. The minimum Gasteiger partial charge on any atom is -0.480 e. The molecule has 1 aliphatic rings. The number of rotatable bonds is 6. The summed E-state index contributed by atoms with van der Waals surface area (Å²) in [6, 6.07) is 0. The van der Waals surface area contributed by atoms with E-state index in [1.54, 1.807) is 0 Å². The number of carboxylic acid groups (broad SMARTS) is 1. The van der Waals surface area contributed by atoms with Gasteiger partial charge in [-0.3, -0.25) is 19.3 Å². The van der Waals surface area contributed by atoms with Crippen molar-refractivity contribution in [3.05, 3.63) is 0 Å². The largest absolute Gasteiger partial charge is 0.480 e. The summed E-state index contributed by atoms with van der Waals surface area (Å²) in [6.07, 6.45) is 0.787. The van der Waals surface area contributed by atoms with Crippen LogP contribution in [0.1, 0.15) is 19.8 Å². The van der Waals surface area contributed by atoms with E-state index < -0.39 is 11.2 Å². The summed E-state index contributed by atoms with van der Waals surface area (Å²) in [5.41, 5.74) is 0. The number of carboxylic acids is 1. The Balaban J connectivity index is 2.08. The Bertz CT molecular complexity index is 546. The number of carbonyl (C=O) groups is 3. The summed E-state index contributed by atoms with van der Waals surface area (Å²) in [6.45, 7) is 1.89. The minimum atomic E-state index is -1.08. The molecule has 10 heteroatoms. The van der Waals surface area contributed by atoms with Crippen LogP contribution in [-0.4, -0.2) is 59.8 Å². The van der Waals surface area contributed by atoms with Gasteiger partial charge < -0.3 is 5.11 Å². The van der Waals surface area contributed by atoms with Crippen LogP contribution in [0.2, 0.25) is 0 Å². The van der Waals surface area contributed by atoms with E-state index in [2.05, 4.69) is 15.5 Å². The first-order valence-corrected chi connectivity index (χ1v) is 6.89. The van der Waals surface area contributed by atoms with E-state index in [1.165, 1.54) is 4.90 Å². The number of thioether (sulfide) groups is 1. The maximum Gasteiger partial charge on any atom is 0.325 e. The molecule has 20 heavy (non-hydrogen) atoms. The fourth-order valence-corrected chi connectivity index (χ4v) is 2.85. The molecule has 9 nitrogen and oxygen atoms in total. The molecule has 1 N–H and O–H groups in total. The molecule has 1 unspecified atom stereocenters. The summed E-state index contributed by atoms with van der Waals surface area (Å²) in [4.78, 5) is 35.7. The summed E-state index contributed by atoms with van der Waals surface area (Å²) in [5.74, 6) is -1.57. The highest BCUT2D eigenvalue weighted by molar-refractivity contribution is 8.00. The zero-order valence-corrected chi connectivity index (χ0v) is 11.5. The summed E-state index contributed by atoms with van der Waals surface area (Å²) >= 11 is 1.02. The van der Waals surface area contributed by atoms with E-state index in [9.17, 15) is 14.4 Å². The van der Waals surface area contributed by atoms with Gasteiger partial charge in [0.15, 0.2) is 0 Å². The van der Waals surface area contributed by atoms with Crippen molar-refractivity contribution in [1.29, 1.82) is 0 Å². The van der Waals surface area contributed by atoms with Gasteiger partial charge in [-0.2, -0.15) is 0 Å². The first-order chi connectivity index (χ1) is 9.52. The molecule has 0 bridgehead atoms. The van der Waals surface area contributed by atoms with Crippen LogP contribution in [0.15, 0.2) is 5.16 Å². The number of aromatic nitrogens is 4. The van der Waals surface area contributed by atoms with Crippen LogP contribution in [0.5, 0.6) is 0 Å². The number of aliphatic carboxylic acids is 1. The third-order valence-electron chi connectivity index (χ3n) is 2.68. The Kier molecular flexibility index (Phi) is 4.32. The summed E-state index contributed by atoms with van der Waals surface area (Å²) in [7, 11) is 0. The van der Waals surface area contributed by atoms with Gasteiger partial charge in [-0.05, 0) is 16.8 Å². The second-order valence-corrected chi connectivity index (χ2v) is 5.38. The summed E-state index contributed by atoms with van der Waals surface area (Å²) < 4.78 is 1.09. The molecule has 0 aromatic carbocycles. The minimum absolute atomic E-state index is 0.0867. The fourth-order valence-electron chi connectivity index (χ4n) is 1.84. The average molecular weight is 299 g/mol. The number of hydrogen-bond donors (Lipinski definition) is 1. The Labute approximate surface area is 118 Å². The van der Waals surface area contributed by atoms with Crippen LogP contribution in [0.3, 0.4) is 0 Å². The number of imide groups is 1. The SMILES string of the molecule is CCCN1C(=O)CC(Sc2nnnn2CC(=O)O)C1=O. The molecule has 2 heterocycles. The lowest BCUT2D eigenvalue weighted by molar-refractivity contribution is -0.139. The molecule has 1 fully saturated rings. The van der Waals surface area contributed by atoms with Gasteiger partial charge in [0.2, 0.25) is 17.0 Å². The molecule has 0 saturated carbocycles. The molecular weight excluding hydrogens is 286 g/mol. The van der Waals surface area contributed by atoms with Crippen LogP contribution < -0.4 is 0 Å². The number of carbonyl (C=O) groups excluding carboxylic acids is 2. The number of amides is 2. The van der Waals surface area contributed by atoms with Gasteiger partial charge in [-0.25, -0.2) is 4.68 Å². The predicted molar refractivity (Wildman–Crippen MR) is 66.7 cm³/mol. The van der Waals surface area contributed by atoms with Crippen LogP contribution in [0, 0.1) is 0 Å². The lowest BCUT2D eigenvalue weighted by Gasteiger charge is -2.12. The van der Waals surface area contributed by atoms with Gasteiger partial charge in [-0.1, -0.05) is 18.7 Å². The Hall–Kier alpha value is -1.97. The van der Waals surface area contributed by atoms with E-state index in [0.29, 0.717) is 13.0 Å². The number of nitrogens with zero attached hydrogens (tertiary/aromatic N) is 5.